The molecular formula is C10H19NOS. The van der Waals surface area contributed by atoms with Crippen molar-refractivity contribution in [3.05, 3.63) is 0 Å². The van der Waals surface area contributed by atoms with Crippen LogP contribution >= 0.6 is 12.6 Å². The number of nitrogens with zero attached hydrogens (tertiary/aromatic N) is 1. The number of rotatable bonds is 2. The molecule has 1 aliphatic carbocycles. The summed E-state index contributed by atoms with van der Waals surface area (Å²) in [4.78, 5) is 13.2. The van der Waals surface area contributed by atoms with Crippen molar-refractivity contribution in [2.24, 2.45) is 5.92 Å². The summed E-state index contributed by atoms with van der Waals surface area (Å²) in [6.45, 7) is 2.27. The third kappa shape index (κ3) is 2.90. The molecule has 1 fully saturated rings. The first-order valence-corrected chi connectivity index (χ1v) is 5.65. The van der Waals surface area contributed by atoms with Gasteiger partial charge in [-0.05, 0) is 18.8 Å². The van der Waals surface area contributed by atoms with Gasteiger partial charge in [-0.25, -0.2) is 0 Å². The van der Waals surface area contributed by atoms with E-state index in [1.165, 1.54) is 19.3 Å². The Hall–Kier alpha value is -0.180. The van der Waals surface area contributed by atoms with Gasteiger partial charge in [0, 0.05) is 13.1 Å². The minimum absolute atomic E-state index is 0.155. The monoisotopic (exact) mass is 201 g/mol. The van der Waals surface area contributed by atoms with Crippen LogP contribution in [0.2, 0.25) is 0 Å². The van der Waals surface area contributed by atoms with Crippen LogP contribution in [0.5, 0.6) is 0 Å². The zero-order chi connectivity index (χ0) is 9.84. The Morgan fingerprint density at radius 3 is 2.77 bits per heavy atom. The number of amides is 1. The predicted molar refractivity (Wildman–Crippen MR) is 58.0 cm³/mol. The molecule has 0 saturated heterocycles. The molecule has 0 N–H and O–H groups in total. The van der Waals surface area contributed by atoms with Crippen LogP contribution in [0.4, 0.5) is 0 Å². The minimum atomic E-state index is 0.155. The lowest BCUT2D eigenvalue weighted by atomic mass is 9.86. The van der Waals surface area contributed by atoms with E-state index in [0.717, 1.165) is 12.3 Å². The smallest absolute Gasteiger partial charge is 0.232 e. The van der Waals surface area contributed by atoms with E-state index in [-0.39, 0.29) is 5.91 Å². The lowest BCUT2D eigenvalue weighted by molar-refractivity contribution is -0.129. The van der Waals surface area contributed by atoms with Crippen LogP contribution in [0, 0.1) is 5.92 Å². The van der Waals surface area contributed by atoms with Gasteiger partial charge < -0.3 is 4.90 Å². The SMILES string of the molecule is CC1CCCC(N(C)C(=O)CS)C1. The molecule has 1 rings (SSSR count). The van der Waals surface area contributed by atoms with Crippen LogP contribution in [-0.2, 0) is 4.79 Å². The Bertz CT molecular complexity index is 184. The van der Waals surface area contributed by atoms with Gasteiger partial charge in [0.15, 0.2) is 0 Å². The molecule has 1 saturated carbocycles. The lowest BCUT2D eigenvalue weighted by Crippen LogP contribution is -2.40. The van der Waals surface area contributed by atoms with Crippen molar-refractivity contribution in [1.29, 1.82) is 0 Å². The second-order valence-corrected chi connectivity index (χ2v) is 4.40. The Balaban J connectivity index is 2.45. The molecule has 1 aliphatic rings. The van der Waals surface area contributed by atoms with Crippen molar-refractivity contribution >= 4 is 18.5 Å². The van der Waals surface area contributed by atoms with Crippen molar-refractivity contribution in [1.82, 2.24) is 4.90 Å². The van der Waals surface area contributed by atoms with Gasteiger partial charge in [0.25, 0.3) is 0 Å². The predicted octanol–water partition coefficient (Wildman–Crippen LogP) is 1.95. The van der Waals surface area contributed by atoms with E-state index in [9.17, 15) is 4.79 Å². The van der Waals surface area contributed by atoms with Crippen LogP contribution in [0.15, 0.2) is 0 Å². The Morgan fingerprint density at radius 2 is 2.23 bits per heavy atom. The van der Waals surface area contributed by atoms with E-state index in [4.69, 9.17) is 0 Å². The highest BCUT2D eigenvalue weighted by Gasteiger charge is 2.24. The van der Waals surface area contributed by atoms with Crippen LogP contribution < -0.4 is 0 Å². The molecule has 0 aliphatic heterocycles. The summed E-state index contributed by atoms with van der Waals surface area (Å²) < 4.78 is 0. The second-order valence-electron chi connectivity index (χ2n) is 4.09. The average molecular weight is 201 g/mol. The molecule has 1 amide bonds. The minimum Gasteiger partial charge on any atom is -0.342 e. The molecule has 0 aromatic heterocycles. The normalized spacial score (nSPS) is 28.5. The summed E-state index contributed by atoms with van der Waals surface area (Å²) in [5, 5.41) is 0. The van der Waals surface area contributed by atoms with Crippen molar-refractivity contribution < 1.29 is 4.79 Å². The van der Waals surface area contributed by atoms with Gasteiger partial charge in [-0.3, -0.25) is 4.79 Å². The number of carbonyl (C=O) groups excluding carboxylic acids is 1. The fraction of sp³-hybridized carbons (Fsp3) is 0.900. The first-order chi connectivity index (χ1) is 6.15. The van der Waals surface area contributed by atoms with Gasteiger partial charge in [0.05, 0.1) is 5.75 Å². The van der Waals surface area contributed by atoms with Gasteiger partial charge in [-0.1, -0.05) is 19.8 Å². The fourth-order valence-electron chi connectivity index (χ4n) is 2.07. The van der Waals surface area contributed by atoms with Crippen LogP contribution in [0.25, 0.3) is 0 Å². The highest BCUT2D eigenvalue weighted by atomic mass is 32.1. The summed E-state index contributed by atoms with van der Waals surface area (Å²) in [7, 11) is 1.90. The van der Waals surface area contributed by atoms with Gasteiger partial charge >= 0.3 is 0 Å². The molecule has 3 heteroatoms. The molecule has 0 heterocycles. The third-order valence-electron chi connectivity index (χ3n) is 2.99. The molecule has 76 valence electrons. The number of hydrogen-bond donors (Lipinski definition) is 1. The standard InChI is InChI=1S/C10H19NOS/c1-8-4-3-5-9(6-8)11(2)10(12)7-13/h8-9,13H,3-7H2,1-2H3. The van der Waals surface area contributed by atoms with E-state index in [1.54, 1.807) is 0 Å². The maximum absolute atomic E-state index is 11.4. The van der Waals surface area contributed by atoms with Crippen molar-refractivity contribution in [3.8, 4) is 0 Å². The molecule has 0 radical (unpaired) electrons. The first-order valence-electron chi connectivity index (χ1n) is 5.01. The average Bonchev–Trinajstić information content (AvgIpc) is 2.15. The topological polar surface area (TPSA) is 20.3 Å². The van der Waals surface area contributed by atoms with Crippen LogP contribution in [-0.4, -0.2) is 29.6 Å². The van der Waals surface area contributed by atoms with Gasteiger partial charge in [0.1, 0.15) is 0 Å². The molecule has 0 aromatic carbocycles. The largest absolute Gasteiger partial charge is 0.342 e. The number of thiol groups is 1. The molecule has 2 atom stereocenters. The molecular weight excluding hydrogens is 182 g/mol. The molecule has 13 heavy (non-hydrogen) atoms. The fourth-order valence-corrected chi connectivity index (χ4v) is 2.29. The maximum Gasteiger partial charge on any atom is 0.232 e. The Labute approximate surface area is 86.1 Å². The summed E-state index contributed by atoms with van der Waals surface area (Å²) in [5.74, 6) is 1.26. The number of carbonyl (C=O) groups is 1. The molecule has 0 aromatic rings. The van der Waals surface area contributed by atoms with Gasteiger partial charge in [0.2, 0.25) is 5.91 Å². The van der Waals surface area contributed by atoms with Crippen LogP contribution in [0.1, 0.15) is 32.6 Å². The highest BCUT2D eigenvalue weighted by molar-refractivity contribution is 7.81. The highest BCUT2D eigenvalue weighted by Crippen LogP contribution is 2.26. The number of hydrogen-bond acceptors (Lipinski definition) is 2. The molecule has 0 spiro atoms. The molecule has 2 unspecified atom stereocenters. The summed E-state index contributed by atoms with van der Waals surface area (Å²) in [6.07, 6.45) is 4.91. The zero-order valence-corrected chi connectivity index (χ0v) is 9.39. The van der Waals surface area contributed by atoms with Crippen molar-refractivity contribution in [2.45, 2.75) is 38.6 Å². The van der Waals surface area contributed by atoms with E-state index in [1.807, 2.05) is 11.9 Å². The van der Waals surface area contributed by atoms with E-state index in [2.05, 4.69) is 19.6 Å². The van der Waals surface area contributed by atoms with Crippen molar-refractivity contribution in [3.63, 3.8) is 0 Å². The molecule has 2 nitrogen and oxygen atoms in total. The third-order valence-corrected chi connectivity index (χ3v) is 3.26. The van der Waals surface area contributed by atoms with Gasteiger partial charge in [-0.2, -0.15) is 12.6 Å². The summed E-state index contributed by atoms with van der Waals surface area (Å²) >= 11 is 4.01. The maximum atomic E-state index is 11.4. The summed E-state index contributed by atoms with van der Waals surface area (Å²) in [6, 6.07) is 0.461. The lowest BCUT2D eigenvalue weighted by Gasteiger charge is -2.33. The zero-order valence-electron chi connectivity index (χ0n) is 8.49. The quantitative estimate of drug-likeness (QED) is 0.677. The van der Waals surface area contributed by atoms with Crippen LogP contribution in [0.3, 0.4) is 0 Å². The second kappa shape index (κ2) is 4.89. The summed E-state index contributed by atoms with van der Waals surface area (Å²) in [5.41, 5.74) is 0. The van der Waals surface area contributed by atoms with Crippen molar-refractivity contribution in [2.75, 3.05) is 12.8 Å². The van der Waals surface area contributed by atoms with E-state index < -0.39 is 0 Å². The van der Waals surface area contributed by atoms with E-state index in [0.29, 0.717) is 11.8 Å². The van der Waals surface area contributed by atoms with Gasteiger partial charge in [-0.15, -0.1) is 0 Å². The Kier molecular flexibility index (Phi) is 4.10. The molecule has 0 bridgehead atoms. The van der Waals surface area contributed by atoms with E-state index >= 15 is 0 Å². The first kappa shape index (κ1) is 10.9. The Morgan fingerprint density at radius 1 is 1.54 bits per heavy atom.